The maximum Gasteiger partial charge on any atom is 0.274 e. The molecular formula is C26H22N4O4. The Balaban J connectivity index is 1.29. The molecule has 34 heavy (non-hydrogen) atoms. The van der Waals surface area contributed by atoms with E-state index in [4.69, 9.17) is 4.74 Å². The molecule has 5 rings (SSSR count). The molecule has 2 amide bonds. The van der Waals surface area contributed by atoms with Crippen LogP contribution in [0, 0.1) is 0 Å². The summed E-state index contributed by atoms with van der Waals surface area (Å²) in [5.41, 5.74) is 0.618. The first-order valence-corrected chi connectivity index (χ1v) is 10.9. The van der Waals surface area contributed by atoms with Crippen LogP contribution >= 0.6 is 0 Å². The predicted octanol–water partition coefficient (Wildman–Crippen LogP) is 3.26. The number of ether oxygens (including phenoxy) is 1. The standard InChI is InChI=1S/C26H22N4O4/c1-29-26(33)22-10-6-5-9-21(22)24(28-29)25(32)27-17-15-23(31)30(16-17)18-11-13-20(14-12-18)34-19-7-3-2-4-8-19/h2-14,17H,15-16H2,1H3,(H,27,32). The quantitative estimate of drug-likeness (QED) is 0.500. The molecule has 0 aliphatic carbocycles. The molecule has 0 radical (unpaired) electrons. The zero-order valence-corrected chi connectivity index (χ0v) is 18.5. The van der Waals surface area contributed by atoms with Crippen molar-refractivity contribution in [3.63, 3.8) is 0 Å². The Bertz CT molecular complexity index is 1430. The highest BCUT2D eigenvalue weighted by molar-refractivity contribution is 6.05. The first-order chi connectivity index (χ1) is 16.5. The van der Waals surface area contributed by atoms with Gasteiger partial charge in [-0.15, -0.1) is 0 Å². The number of hydrogen-bond donors (Lipinski definition) is 1. The highest BCUT2D eigenvalue weighted by Crippen LogP contribution is 2.27. The van der Waals surface area contributed by atoms with E-state index in [-0.39, 0.29) is 29.6 Å². The van der Waals surface area contributed by atoms with Crippen molar-refractivity contribution >= 4 is 28.3 Å². The Morgan fingerprint density at radius 3 is 2.29 bits per heavy atom. The predicted molar refractivity (Wildman–Crippen MR) is 128 cm³/mol. The molecule has 1 saturated heterocycles. The molecular weight excluding hydrogens is 432 g/mol. The van der Waals surface area contributed by atoms with Crippen molar-refractivity contribution in [3.8, 4) is 11.5 Å². The SMILES string of the molecule is Cn1nc(C(=O)NC2CC(=O)N(c3ccc(Oc4ccccc4)cc3)C2)c2ccccc2c1=O. The maximum absolute atomic E-state index is 13.0. The topological polar surface area (TPSA) is 93.5 Å². The fourth-order valence-corrected chi connectivity index (χ4v) is 4.09. The fraction of sp³-hybridized carbons (Fsp3) is 0.154. The van der Waals surface area contributed by atoms with Crippen molar-refractivity contribution in [1.82, 2.24) is 15.1 Å². The molecule has 2 heterocycles. The molecule has 1 N–H and O–H groups in total. The minimum atomic E-state index is -0.418. The van der Waals surface area contributed by atoms with Gasteiger partial charge in [-0.05, 0) is 42.5 Å². The van der Waals surface area contributed by atoms with Gasteiger partial charge in [-0.25, -0.2) is 4.68 Å². The molecule has 8 heteroatoms. The molecule has 4 aromatic rings. The van der Waals surface area contributed by atoms with E-state index >= 15 is 0 Å². The summed E-state index contributed by atoms with van der Waals surface area (Å²) < 4.78 is 6.96. The lowest BCUT2D eigenvalue weighted by molar-refractivity contribution is -0.117. The van der Waals surface area contributed by atoms with Crippen LogP contribution in [0.2, 0.25) is 0 Å². The van der Waals surface area contributed by atoms with Crippen LogP contribution in [0.15, 0.2) is 83.7 Å². The number of carbonyl (C=O) groups is 2. The molecule has 170 valence electrons. The number of amides is 2. The van der Waals surface area contributed by atoms with Crippen molar-refractivity contribution in [2.24, 2.45) is 7.05 Å². The van der Waals surface area contributed by atoms with Gasteiger partial charge in [0.05, 0.1) is 11.4 Å². The van der Waals surface area contributed by atoms with E-state index in [1.807, 2.05) is 54.6 Å². The first kappa shape index (κ1) is 21.4. The largest absolute Gasteiger partial charge is 0.457 e. The number of benzene rings is 3. The van der Waals surface area contributed by atoms with Gasteiger partial charge in [-0.2, -0.15) is 5.10 Å². The van der Waals surface area contributed by atoms with Gasteiger partial charge in [0.25, 0.3) is 11.5 Å². The Hall–Kier alpha value is -4.46. The minimum Gasteiger partial charge on any atom is -0.457 e. The highest BCUT2D eigenvalue weighted by Gasteiger charge is 2.32. The van der Waals surface area contributed by atoms with Gasteiger partial charge >= 0.3 is 0 Å². The van der Waals surface area contributed by atoms with Crippen LogP contribution < -0.4 is 20.5 Å². The molecule has 0 bridgehead atoms. The lowest BCUT2D eigenvalue weighted by Gasteiger charge is -2.18. The molecule has 1 aliphatic heterocycles. The molecule has 1 aliphatic rings. The molecule has 0 spiro atoms. The average Bonchev–Trinajstić information content (AvgIpc) is 3.22. The van der Waals surface area contributed by atoms with Crippen LogP contribution in [0.1, 0.15) is 16.9 Å². The van der Waals surface area contributed by atoms with Crippen LogP contribution in [0.4, 0.5) is 5.69 Å². The van der Waals surface area contributed by atoms with E-state index in [1.54, 1.807) is 29.2 Å². The molecule has 0 saturated carbocycles. The molecule has 1 unspecified atom stereocenters. The normalized spacial score (nSPS) is 15.5. The third kappa shape index (κ3) is 4.13. The van der Waals surface area contributed by atoms with Gasteiger partial charge in [0.2, 0.25) is 5.91 Å². The number of nitrogens with zero attached hydrogens (tertiary/aromatic N) is 3. The van der Waals surface area contributed by atoms with E-state index in [1.165, 1.54) is 7.05 Å². The Morgan fingerprint density at radius 1 is 0.912 bits per heavy atom. The number of anilines is 1. The van der Waals surface area contributed by atoms with Crippen LogP contribution in [0.25, 0.3) is 10.8 Å². The Morgan fingerprint density at radius 2 is 1.56 bits per heavy atom. The summed E-state index contributed by atoms with van der Waals surface area (Å²) in [7, 11) is 1.51. The van der Waals surface area contributed by atoms with Gasteiger partial charge in [0, 0.05) is 31.1 Å². The highest BCUT2D eigenvalue weighted by atomic mass is 16.5. The van der Waals surface area contributed by atoms with Crippen molar-refractivity contribution in [2.45, 2.75) is 12.5 Å². The van der Waals surface area contributed by atoms with E-state index < -0.39 is 5.91 Å². The maximum atomic E-state index is 13.0. The number of fused-ring (bicyclic) bond motifs is 1. The van der Waals surface area contributed by atoms with Crippen molar-refractivity contribution in [3.05, 3.63) is 94.9 Å². The average molecular weight is 454 g/mol. The van der Waals surface area contributed by atoms with Gasteiger partial charge in [0.15, 0.2) is 5.69 Å². The van der Waals surface area contributed by atoms with Crippen LogP contribution in [-0.2, 0) is 11.8 Å². The second-order valence-electron chi connectivity index (χ2n) is 8.11. The van der Waals surface area contributed by atoms with E-state index in [9.17, 15) is 14.4 Å². The minimum absolute atomic E-state index is 0.0830. The van der Waals surface area contributed by atoms with E-state index in [2.05, 4.69) is 10.4 Å². The second-order valence-corrected chi connectivity index (χ2v) is 8.11. The summed E-state index contributed by atoms with van der Waals surface area (Å²) in [6.07, 6.45) is 0.178. The van der Waals surface area contributed by atoms with Crippen LogP contribution in [0.3, 0.4) is 0 Å². The summed E-state index contributed by atoms with van der Waals surface area (Å²) in [5.74, 6) is 0.896. The Labute approximate surface area is 195 Å². The number of aryl methyl sites for hydroxylation is 1. The van der Waals surface area contributed by atoms with Crippen molar-refractivity contribution < 1.29 is 14.3 Å². The van der Waals surface area contributed by atoms with Crippen molar-refractivity contribution in [2.75, 3.05) is 11.4 Å². The number of rotatable bonds is 5. The first-order valence-electron chi connectivity index (χ1n) is 10.9. The zero-order valence-electron chi connectivity index (χ0n) is 18.5. The molecule has 1 fully saturated rings. The monoisotopic (exact) mass is 454 g/mol. The van der Waals surface area contributed by atoms with E-state index in [0.717, 1.165) is 16.1 Å². The van der Waals surface area contributed by atoms with E-state index in [0.29, 0.717) is 23.1 Å². The summed E-state index contributed by atoms with van der Waals surface area (Å²) >= 11 is 0. The van der Waals surface area contributed by atoms with Gasteiger partial charge in [-0.3, -0.25) is 14.4 Å². The second kappa shape index (κ2) is 8.82. The van der Waals surface area contributed by atoms with Crippen molar-refractivity contribution in [1.29, 1.82) is 0 Å². The number of para-hydroxylation sites is 1. The zero-order chi connectivity index (χ0) is 23.7. The molecule has 1 aromatic heterocycles. The third-order valence-corrected chi connectivity index (χ3v) is 5.76. The molecule has 1 atom stereocenters. The van der Waals surface area contributed by atoms with Gasteiger partial charge in [0.1, 0.15) is 11.5 Å². The molecule has 8 nitrogen and oxygen atoms in total. The van der Waals surface area contributed by atoms with Crippen LogP contribution in [0.5, 0.6) is 11.5 Å². The smallest absolute Gasteiger partial charge is 0.274 e. The number of hydrogen-bond acceptors (Lipinski definition) is 5. The number of carbonyl (C=O) groups excluding carboxylic acids is 2. The van der Waals surface area contributed by atoms with Gasteiger partial charge < -0.3 is 15.0 Å². The van der Waals surface area contributed by atoms with Gasteiger partial charge in [-0.1, -0.05) is 36.4 Å². The summed E-state index contributed by atoms with van der Waals surface area (Å²) in [6, 6.07) is 23.2. The lowest BCUT2D eigenvalue weighted by atomic mass is 10.1. The lowest BCUT2D eigenvalue weighted by Crippen LogP contribution is -2.38. The fourth-order valence-electron chi connectivity index (χ4n) is 4.09. The molecule has 3 aromatic carbocycles. The summed E-state index contributed by atoms with van der Waals surface area (Å²) in [4.78, 5) is 39.7. The third-order valence-electron chi connectivity index (χ3n) is 5.76. The Kier molecular flexibility index (Phi) is 5.55. The summed E-state index contributed by atoms with van der Waals surface area (Å²) in [5, 5.41) is 7.97. The number of nitrogens with one attached hydrogen (secondary N) is 1. The number of aromatic nitrogens is 2. The summed E-state index contributed by atoms with van der Waals surface area (Å²) in [6.45, 7) is 0.340. The van der Waals surface area contributed by atoms with Crippen LogP contribution in [-0.4, -0.2) is 34.2 Å².